The lowest BCUT2D eigenvalue weighted by Gasteiger charge is -2.18. The number of hydrogen-bond donors (Lipinski definition) is 1. The van der Waals surface area contributed by atoms with E-state index in [4.69, 9.17) is 28.9 Å². The molecule has 2 aromatic rings. The summed E-state index contributed by atoms with van der Waals surface area (Å²) in [5.74, 6) is 0. The van der Waals surface area contributed by atoms with Crippen LogP contribution in [0, 0.1) is 0 Å². The molecule has 0 saturated carbocycles. The Labute approximate surface area is 123 Å². The molecule has 0 aliphatic carbocycles. The standard InChI is InChI=1S/C15H16Cl2N2/c1-19(2)11-6-3-5-10(9-11)15(18)12-7-4-8-13(16)14(12)17/h3-9,15H,18H2,1-2H3. The largest absolute Gasteiger partial charge is 0.378 e. The Balaban J connectivity index is 2.41. The molecule has 2 aromatic carbocycles. The molecule has 1 atom stereocenters. The number of benzene rings is 2. The molecule has 0 saturated heterocycles. The van der Waals surface area contributed by atoms with Crippen molar-refractivity contribution < 1.29 is 0 Å². The molecular weight excluding hydrogens is 279 g/mol. The first-order valence-electron chi connectivity index (χ1n) is 5.97. The fraction of sp³-hybridized carbons (Fsp3) is 0.200. The summed E-state index contributed by atoms with van der Waals surface area (Å²) < 4.78 is 0. The van der Waals surface area contributed by atoms with Gasteiger partial charge in [0.1, 0.15) is 0 Å². The molecule has 2 nitrogen and oxygen atoms in total. The summed E-state index contributed by atoms with van der Waals surface area (Å²) >= 11 is 12.2. The topological polar surface area (TPSA) is 29.3 Å². The van der Waals surface area contributed by atoms with Crippen LogP contribution in [-0.4, -0.2) is 14.1 Å². The highest BCUT2D eigenvalue weighted by Crippen LogP contribution is 2.32. The average molecular weight is 295 g/mol. The first-order valence-corrected chi connectivity index (χ1v) is 6.73. The maximum absolute atomic E-state index is 6.29. The monoisotopic (exact) mass is 294 g/mol. The highest BCUT2D eigenvalue weighted by molar-refractivity contribution is 6.42. The van der Waals surface area contributed by atoms with Gasteiger partial charge in [-0.05, 0) is 29.3 Å². The smallest absolute Gasteiger partial charge is 0.0643 e. The molecule has 0 bridgehead atoms. The summed E-state index contributed by atoms with van der Waals surface area (Å²) in [6.45, 7) is 0. The summed E-state index contributed by atoms with van der Waals surface area (Å²) in [4.78, 5) is 2.04. The van der Waals surface area contributed by atoms with Gasteiger partial charge in [-0.3, -0.25) is 0 Å². The highest BCUT2D eigenvalue weighted by atomic mass is 35.5. The van der Waals surface area contributed by atoms with Crippen molar-refractivity contribution in [2.75, 3.05) is 19.0 Å². The van der Waals surface area contributed by atoms with Crippen LogP contribution in [0.1, 0.15) is 17.2 Å². The normalized spacial score (nSPS) is 12.3. The molecule has 1 unspecified atom stereocenters. The van der Waals surface area contributed by atoms with Crippen LogP contribution in [-0.2, 0) is 0 Å². The summed E-state index contributed by atoms with van der Waals surface area (Å²) in [6.07, 6.45) is 0. The molecule has 0 fully saturated rings. The Kier molecular flexibility index (Phi) is 4.35. The summed E-state index contributed by atoms with van der Waals surface area (Å²) in [5, 5.41) is 1.05. The number of halogens is 2. The Morgan fingerprint density at radius 1 is 1.05 bits per heavy atom. The maximum atomic E-state index is 6.29. The Morgan fingerprint density at radius 3 is 2.42 bits per heavy atom. The quantitative estimate of drug-likeness (QED) is 0.923. The van der Waals surface area contributed by atoms with E-state index in [1.165, 1.54) is 0 Å². The number of nitrogens with two attached hydrogens (primary N) is 1. The van der Waals surface area contributed by atoms with Crippen LogP contribution in [0.3, 0.4) is 0 Å². The van der Waals surface area contributed by atoms with Crippen LogP contribution in [0.25, 0.3) is 0 Å². The van der Waals surface area contributed by atoms with Gasteiger partial charge in [0, 0.05) is 19.8 Å². The van der Waals surface area contributed by atoms with Crippen LogP contribution in [0.4, 0.5) is 5.69 Å². The Morgan fingerprint density at radius 2 is 1.74 bits per heavy atom. The van der Waals surface area contributed by atoms with Gasteiger partial charge in [0.25, 0.3) is 0 Å². The molecular formula is C15H16Cl2N2. The molecule has 4 heteroatoms. The third kappa shape index (κ3) is 3.03. The van der Waals surface area contributed by atoms with Crippen molar-refractivity contribution in [3.63, 3.8) is 0 Å². The van der Waals surface area contributed by atoms with Crippen molar-refractivity contribution in [3.05, 3.63) is 63.6 Å². The van der Waals surface area contributed by atoms with E-state index in [0.717, 1.165) is 16.8 Å². The van der Waals surface area contributed by atoms with E-state index in [1.807, 2.05) is 49.3 Å². The van der Waals surface area contributed by atoms with Crippen LogP contribution in [0.5, 0.6) is 0 Å². The van der Waals surface area contributed by atoms with Crippen molar-refractivity contribution in [2.45, 2.75) is 6.04 Å². The Bertz CT molecular complexity index is 582. The van der Waals surface area contributed by atoms with Gasteiger partial charge in [-0.2, -0.15) is 0 Å². The van der Waals surface area contributed by atoms with Gasteiger partial charge in [-0.1, -0.05) is 47.5 Å². The minimum absolute atomic E-state index is 0.286. The molecule has 0 heterocycles. The van der Waals surface area contributed by atoms with Gasteiger partial charge in [0.05, 0.1) is 16.1 Å². The first kappa shape index (κ1) is 14.2. The van der Waals surface area contributed by atoms with E-state index < -0.39 is 0 Å². The lowest BCUT2D eigenvalue weighted by atomic mass is 9.99. The lowest BCUT2D eigenvalue weighted by Crippen LogP contribution is -2.14. The minimum atomic E-state index is -0.286. The summed E-state index contributed by atoms with van der Waals surface area (Å²) in [7, 11) is 3.99. The summed E-state index contributed by atoms with van der Waals surface area (Å²) in [5.41, 5.74) is 9.24. The predicted octanol–water partition coefficient (Wildman–Crippen LogP) is 4.11. The minimum Gasteiger partial charge on any atom is -0.378 e. The molecule has 0 amide bonds. The van der Waals surface area contributed by atoms with E-state index in [0.29, 0.717) is 10.0 Å². The van der Waals surface area contributed by atoms with Crippen molar-refractivity contribution in [2.24, 2.45) is 5.73 Å². The second-order valence-electron chi connectivity index (χ2n) is 4.61. The molecule has 100 valence electrons. The van der Waals surface area contributed by atoms with E-state index in [-0.39, 0.29) is 6.04 Å². The number of hydrogen-bond acceptors (Lipinski definition) is 2. The third-order valence-electron chi connectivity index (χ3n) is 3.06. The Hall–Kier alpha value is -1.22. The summed E-state index contributed by atoms with van der Waals surface area (Å²) in [6, 6.07) is 13.3. The highest BCUT2D eigenvalue weighted by Gasteiger charge is 2.14. The second-order valence-corrected chi connectivity index (χ2v) is 5.40. The van der Waals surface area contributed by atoms with Gasteiger partial charge in [-0.25, -0.2) is 0 Å². The van der Waals surface area contributed by atoms with Gasteiger partial charge in [0.15, 0.2) is 0 Å². The van der Waals surface area contributed by atoms with Crippen molar-refractivity contribution >= 4 is 28.9 Å². The van der Waals surface area contributed by atoms with Gasteiger partial charge in [-0.15, -0.1) is 0 Å². The zero-order chi connectivity index (χ0) is 14.0. The van der Waals surface area contributed by atoms with Gasteiger partial charge in [0.2, 0.25) is 0 Å². The lowest BCUT2D eigenvalue weighted by molar-refractivity contribution is 0.870. The van der Waals surface area contributed by atoms with E-state index >= 15 is 0 Å². The van der Waals surface area contributed by atoms with E-state index in [2.05, 4.69) is 6.07 Å². The molecule has 19 heavy (non-hydrogen) atoms. The van der Waals surface area contributed by atoms with Crippen LogP contribution in [0.15, 0.2) is 42.5 Å². The fourth-order valence-electron chi connectivity index (χ4n) is 1.94. The van der Waals surface area contributed by atoms with Crippen molar-refractivity contribution in [1.29, 1.82) is 0 Å². The van der Waals surface area contributed by atoms with Crippen LogP contribution >= 0.6 is 23.2 Å². The first-order chi connectivity index (χ1) is 9.00. The molecule has 0 aromatic heterocycles. The number of rotatable bonds is 3. The van der Waals surface area contributed by atoms with Crippen LogP contribution < -0.4 is 10.6 Å². The van der Waals surface area contributed by atoms with Crippen molar-refractivity contribution in [1.82, 2.24) is 0 Å². The predicted molar refractivity (Wildman–Crippen MR) is 83.3 cm³/mol. The average Bonchev–Trinajstić information content (AvgIpc) is 2.41. The number of nitrogens with zero attached hydrogens (tertiary/aromatic N) is 1. The maximum Gasteiger partial charge on any atom is 0.0643 e. The van der Waals surface area contributed by atoms with Crippen molar-refractivity contribution in [3.8, 4) is 0 Å². The second kappa shape index (κ2) is 5.83. The fourth-order valence-corrected chi connectivity index (χ4v) is 2.36. The number of anilines is 1. The molecule has 0 aliphatic rings. The van der Waals surface area contributed by atoms with Crippen LogP contribution in [0.2, 0.25) is 10.0 Å². The molecule has 0 radical (unpaired) electrons. The molecule has 0 aliphatic heterocycles. The molecule has 0 spiro atoms. The molecule has 2 N–H and O–H groups in total. The van der Waals surface area contributed by atoms with E-state index in [9.17, 15) is 0 Å². The SMILES string of the molecule is CN(C)c1cccc(C(N)c2cccc(Cl)c2Cl)c1. The zero-order valence-electron chi connectivity index (χ0n) is 10.9. The zero-order valence-corrected chi connectivity index (χ0v) is 12.4. The van der Waals surface area contributed by atoms with Gasteiger partial charge >= 0.3 is 0 Å². The van der Waals surface area contributed by atoms with E-state index in [1.54, 1.807) is 6.07 Å². The third-order valence-corrected chi connectivity index (χ3v) is 3.90. The van der Waals surface area contributed by atoms with Gasteiger partial charge < -0.3 is 10.6 Å². The molecule has 2 rings (SSSR count).